The van der Waals surface area contributed by atoms with Crippen molar-refractivity contribution in [3.63, 3.8) is 0 Å². The third-order valence-corrected chi connectivity index (χ3v) is 5.40. The van der Waals surface area contributed by atoms with Crippen molar-refractivity contribution in [1.82, 2.24) is 9.97 Å². The van der Waals surface area contributed by atoms with Crippen LogP contribution in [0.1, 0.15) is 18.5 Å². The molecular formula is C18H20Cl2N4O2. The van der Waals surface area contributed by atoms with Crippen molar-refractivity contribution >= 4 is 40.7 Å². The first kappa shape index (κ1) is 17.8. The van der Waals surface area contributed by atoms with E-state index in [0.717, 1.165) is 43.1 Å². The van der Waals surface area contributed by atoms with E-state index in [2.05, 4.69) is 20.2 Å². The molecule has 3 heterocycles. The van der Waals surface area contributed by atoms with Gasteiger partial charge in [-0.2, -0.15) is 4.98 Å². The van der Waals surface area contributed by atoms with Gasteiger partial charge in [-0.3, -0.25) is 0 Å². The van der Waals surface area contributed by atoms with E-state index in [1.54, 1.807) is 12.1 Å². The lowest BCUT2D eigenvalue weighted by Gasteiger charge is -2.37. The molecule has 0 saturated carbocycles. The number of ether oxygens (including phenoxy) is 2. The van der Waals surface area contributed by atoms with Gasteiger partial charge in [0.2, 0.25) is 5.95 Å². The maximum absolute atomic E-state index is 6.09. The van der Waals surface area contributed by atoms with Gasteiger partial charge in [-0.1, -0.05) is 23.2 Å². The quantitative estimate of drug-likeness (QED) is 0.842. The molecule has 1 spiro atoms. The highest BCUT2D eigenvalue weighted by atomic mass is 35.5. The standard InChI is InChI=1S/C18H20Cl2N4O2/c1-12-10-16(22-13-2-3-14(19)15(20)11-13)23-17(21-12)24-6-4-18(5-7-24)25-8-9-26-18/h2-3,10-11H,4-9H2,1H3,(H,21,22,23). The number of aryl methyl sites for hydroxylation is 1. The van der Waals surface area contributed by atoms with Gasteiger partial charge < -0.3 is 19.7 Å². The Kier molecular flexibility index (Phi) is 4.92. The van der Waals surface area contributed by atoms with E-state index in [-0.39, 0.29) is 0 Å². The molecule has 0 amide bonds. The third-order valence-electron chi connectivity index (χ3n) is 4.66. The van der Waals surface area contributed by atoms with E-state index < -0.39 is 5.79 Å². The summed E-state index contributed by atoms with van der Waals surface area (Å²) in [6.07, 6.45) is 1.64. The van der Waals surface area contributed by atoms with Gasteiger partial charge in [0.05, 0.1) is 23.3 Å². The molecule has 8 heteroatoms. The molecule has 26 heavy (non-hydrogen) atoms. The second kappa shape index (κ2) is 7.19. The molecule has 4 rings (SSSR count). The van der Waals surface area contributed by atoms with Crippen LogP contribution in [0.3, 0.4) is 0 Å². The fourth-order valence-electron chi connectivity index (χ4n) is 3.31. The fourth-order valence-corrected chi connectivity index (χ4v) is 3.61. The molecule has 1 aromatic heterocycles. The smallest absolute Gasteiger partial charge is 0.227 e. The summed E-state index contributed by atoms with van der Waals surface area (Å²) in [6.45, 7) is 4.92. The summed E-state index contributed by atoms with van der Waals surface area (Å²) in [5, 5.41) is 4.29. The number of anilines is 3. The predicted octanol–water partition coefficient (Wildman–Crippen LogP) is 4.18. The molecular weight excluding hydrogens is 375 g/mol. The average molecular weight is 395 g/mol. The summed E-state index contributed by atoms with van der Waals surface area (Å²) in [5.74, 6) is 1.03. The molecule has 0 bridgehead atoms. The Balaban J connectivity index is 1.50. The number of nitrogens with zero attached hydrogens (tertiary/aromatic N) is 3. The summed E-state index contributed by atoms with van der Waals surface area (Å²) in [7, 11) is 0. The number of hydrogen-bond donors (Lipinski definition) is 1. The van der Waals surface area contributed by atoms with Gasteiger partial charge in [0, 0.05) is 43.4 Å². The van der Waals surface area contributed by atoms with E-state index in [0.29, 0.717) is 29.2 Å². The van der Waals surface area contributed by atoms with Gasteiger partial charge in [0.1, 0.15) is 5.82 Å². The lowest BCUT2D eigenvalue weighted by Crippen LogP contribution is -2.45. The van der Waals surface area contributed by atoms with Crippen LogP contribution in [0.15, 0.2) is 24.3 Å². The van der Waals surface area contributed by atoms with E-state index in [4.69, 9.17) is 32.7 Å². The van der Waals surface area contributed by atoms with Gasteiger partial charge >= 0.3 is 0 Å². The largest absolute Gasteiger partial charge is 0.347 e. The first-order valence-electron chi connectivity index (χ1n) is 8.64. The highest BCUT2D eigenvalue weighted by molar-refractivity contribution is 6.42. The number of hydrogen-bond acceptors (Lipinski definition) is 6. The van der Waals surface area contributed by atoms with Crippen molar-refractivity contribution in [2.45, 2.75) is 25.6 Å². The second-order valence-electron chi connectivity index (χ2n) is 6.54. The summed E-state index contributed by atoms with van der Waals surface area (Å²) < 4.78 is 11.6. The summed E-state index contributed by atoms with van der Waals surface area (Å²) in [5.41, 5.74) is 1.72. The van der Waals surface area contributed by atoms with Crippen molar-refractivity contribution < 1.29 is 9.47 Å². The van der Waals surface area contributed by atoms with Crippen LogP contribution in [0.25, 0.3) is 0 Å². The second-order valence-corrected chi connectivity index (χ2v) is 7.36. The third kappa shape index (κ3) is 3.74. The molecule has 1 aromatic carbocycles. The number of rotatable bonds is 3. The Morgan fingerprint density at radius 2 is 1.77 bits per heavy atom. The zero-order chi connectivity index (χ0) is 18.1. The molecule has 138 valence electrons. The molecule has 6 nitrogen and oxygen atoms in total. The minimum absolute atomic E-state index is 0.401. The van der Waals surface area contributed by atoms with E-state index in [9.17, 15) is 0 Å². The van der Waals surface area contributed by atoms with Crippen molar-refractivity contribution in [2.75, 3.05) is 36.5 Å². The van der Waals surface area contributed by atoms with Crippen LogP contribution < -0.4 is 10.2 Å². The van der Waals surface area contributed by atoms with Crippen LogP contribution >= 0.6 is 23.2 Å². The van der Waals surface area contributed by atoms with Crippen LogP contribution in [0.5, 0.6) is 0 Å². The first-order valence-corrected chi connectivity index (χ1v) is 9.39. The number of aromatic nitrogens is 2. The van der Waals surface area contributed by atoms with Gasteiger partial charge in [-0.15, -0.1) is 0 Å². The number of benzene rings is 1. The zero-order valence-corrected chi connectivity index (χ0v) is 16.0. The molecule has 2 fully saturated rings. The number of nitrogens with one attached hydrogen (secondary N) is 1. The highest BCUT2D eigenvalue weighted by Gasteiger charge is 2.40. The Bertz CT molecular complexity index is 802. The van der Waals surface area contributed by atoms with Gasteiger partial charge in [-0.05, 0) is 25.1 Å². The minimum Gasteiger partial charge on any atom is -0.347 e. The maximum Gasteiger partial charge on any atom is 0.227 e. The van der Waals surface area contributed by atoms with Crippen LogP contribution in [0.2, 0.25) is 10.0 Å². The van der Waals surface area contributed by atoms with Crippen LogP contribution in [0.4, 0.5) is 17.5 Å². The molecule has 2 aromatic rings. The van der Waals surface area contributed by atoms with E-state index in [1.165, 1.54) is 0 Å². The monoisotopic (exact) mass is 394 g/mol. The summed E-state index contributed by atoms with van der Waals surface area (Å²) in [4.78, 5) is 11.4. The number of piperidine rings is 1. The molecule has 2 saturated heterocycles. The molecule has 0 atom stereocenters. The zero-order valence-electron chi connectivity index (χ0n) is 14.5. The Morgan fingerprint density at radius 3 is 2.46 bits per heavy atom. The van der Waals surface area contributed by atoms with Crippen LogP contribution in [0, 0.1) is 6.92 Å². The SMILES string of the molecule is Cc1cc(Nc2ccc(Cl)c(Cl)c2)nc(N2CCC3(CC2)OCCO3)n1. The highest BCUT2D eigenvalue weighted by Crippen LogP contribution is 2.33. The minimum atomic E-state index is -0.401. The summed E-state index contributed by atoms with van der Waals surface area (Å²) in [6, 6.07) is 7.30. The summed E-state index contributed by atoms with van der Waals surface area (Å²) >= 11 is 12.1. The maximum atomic E-state index is 6.09. The normalized spacial score (nSPS) is 19.1. The first-order chi connectivity index (χ1) is 12.5. The van der Waals surface area contributed by atoms with Crippen molar-refractivity contribution in [3.05, 3.63) is 40.0 Å². The van der Waals surface area contributed by atoms with E-state index in [1.807, 2.05) is 19.1 Å². The van der Waals surface area contributed by atoms with Crippen molar-refractivity contribution in [1.29, 1.82) is 0 Å². The Morgan fingerprint density at radius 1 is 1.04 bits per heavy atom. The van der Waals surface area contributed by atoms with Gasteiger partial charge in [0.15, 0.2) is 5.79 Å². The molecule has 0 aliphatic carbocycles. The molecule has 2 aliphatic rings. The molecule has 1 N–H and O–H groups in total. The topological polar surface area (TPSA) is 59.5 Å². The van der Waals surface area contributed by atoms with Gasteiger partial charge in [0.25, 0.3) is 0 Å². The lowest BCUT2D eigenvalue weighted by atomic mass is 10.0. The molecule has 0 radical (unpaired) electrons. The number of halogens is 2. The lowest BCUT2D eigenvalue weighted by molar-refractivity contribution is -0.169. The van der Waals surface area contributed by atoms with E-state index >= 15 is 0 Å². The Labute approximate surface area is 162 Å². The molecule has 0 unspecified atom stereocenters. The Hall–Kier alpha value is -1.60. The van der Waals surface area contributed by atoms with Crippen LogP contribution in [-0.4, -0.2) is 42.1 Å². The predicted molar refractivity (Wildman–Crippen MR) is 103 cm³/mol. The fraction of sp³-hybridized carbons (Fsp3) is 0.444. The molecule has 2 aliphatic heterocycles. The van der Waals surface area contributed by atoms with Gasteiger partial charge in [-0.25, -0.2) is 4.98 Å². The van der Waals surface area contributed by atoms with Crippen molar-refractivity contribution in [2.24, 2.45) is 0 Å². The average Bonchev–Trinajstić information content (AvgIpc) is 3.06. The van der Waals surface area contributed by atoms with Crippen LogP contribution in [-0.2, 0) is 9.47 Å². The van der Waals surface area contributed by atoms with Crippen molar-refractivity contribution in [3.8, 4) is 0 Å².